The molecule has 0 bridgehead atoms. The number of benzene rings is 2. The van der Waals surface area contributed by atoms with Crippen molar-refractivity contribution in [2.75, 3.05) is 10.6 Å². The fourth-order valence-electron chi connectivity index (χ4n) is 3.02. The van der Waals surface area contributed by atoms with Gasteiger partial charge in [0.1, 0.15) is 11.2 Å². The van der Waals surface area contributed by atoms with Crippen molar-refractivity contribution in [3.05, 3.63) is 64.1 Å². The number of hydrogen-bond donors (Lipinski definition) is 4. The summed E-state index contributed by atoms with van der Waals surface area (Å²) in [7, 11) is 0. The van der Waals surface area contributed by atoms with Crippen molar-refractivity contribution in [1.29, 1.82) is 0 Å². The number of fused-ring (bicyclic) bond motifs is 1. The highest BCUT2D eigenvalue weighted by molar-refractivity contribution is 9.10. The van der Waals surface area contributed by atoms with Gasteiger partial charge in [-0.2, -0.15) is 0 Å². The molecule has 10 nitrogen and oxygen atoms in total. The maximum atomic E-state index is 12.8. The van der Waals surface area contributed by atoms with E-state index in [2.05, 4.69) is 46.5 Å². The second kappa shape index (κ2) is 8.63. The largest absolute Gasteiger partial charge is 0.424 e. The van der Waals surface area contributed by atoms with E-state index in [9.17, 15) is 14.4 Å². The molecule has 0 radical (unpaired) electrons. The van der Waals surface area contributed by atoms with Gasteiger partial charge in [-0.25, -0.2) is 9.97 Å². The van der Waals surface area contributed by atoms with Crippen molar-refractivity contribution in [3.8, 4) is 5.75 Å². The Morgan fingerprint density at radius 3 is 2.69 bits per heavy atom. The second-order valence-corrected chi connectivity index (χ2v) is 7.74. The molecule has 0 aliphatic heterocycles. The molecule has 0 aliphatic rings. The van der Waals surface area contributed by atoms with E-state index >= 15 is 0 Å². The van der Waals surface area contributed by atoms with Gasteiger partial charge in [0.15, 0.2) is 11.4 Å². The lowest BCUT2D eigenvalue weighted by Crippen LogP contribution is -2.21. The molecule has 162 valence electrons. The average molecular weight is 497 g/mol. The highest BCUT2D eigenvalue weighted by Crippen LogP contribution is 2.25. The maximum Gasteiger partial charge on any atom is 0.308 e. The summed E-state index contributed by atoms with van der Waals surface area (Å²) in [4.78, 5) is 50.7. The van der Waals surface area contributed by atoms with Crippen LogP contribution in [-0.2, 0) is 4.79 Å². The minimum absolute atomic E-state index is 0.00131. The Labute approximate surface area is 189 Å². The van der Waals surface area contributed by atoms with Gasteiger partial charge in [-0.1, -0.05) is 28.1 Å². The van der Waals surface area contributed by atoms with Gasteiger partial charge in [0, 0.05) is 17.1 Å². The minimum atomic E-state index is -0.643. The molecule has 0 saturated heterocycles. The fourth-order valence-corrected chi connectivity index (χ4v) is 3.39. The normalized spacial score (nSPS) is 10.7. The zero-order valence-corrected chi connectivity index (χ0v) is 18.5. The van der Waals surface area contributed by atoms with Gasteiger partial charge >= 0.3 is 5.97 Å². The molecule has 0 atom stereocenters. The smallest absolute Gasteiger partial charge is 0.308 e. The number of halogens is 1. The van der Waals surface area contributed by atoms with Crippen LogP contribution in [0.25, 0.3) is 11.0 Å². The van der Waals surface area contributed by atoms with Crippen LogP contribution in [0, 0.1) is 6.92 Å². The lowest BCUT2D eigenvalue weighted by atomic mass is 10.2. The molecule has 0 spiro atoms. The molecule has 11 heteroatoms. The van der Waals surface area contributed by atoms with Crippen LogP contribution < -0.4 is 15.4 Å². The van der Waals surface area contributed by atoms with Crippen LogP contribution in [0.3, 0.4) is 0 Å². The number of carbonyl (C=O) groups excluding carboxylic acids is 3. The second-order valence-electron chi connectivity index (χ2n) is 6.82. The minimum Gasteiger partial charge on any atom is -0.424 e. The number of amides is 2. The number of aromatic amines is 2. The van der Waals surface area contributed by atoms with Crippen LogP contribution in [0.5, 0.6) is 5.75 Å². The van der Waals surface area contributed by atoms with Gasteiger partial charge in [-0.15, -0.1) is 0 Å². The van der Waals surface area contributed by atoms with E-state index in [0.717, 1.165) is 10.0 Å². The average Bonchev–Trinajstić information content (AvgIpc) is 3.37. The summed E-state index contributed by atoms with van der Waals surface area (Å²) in [5.41, 5.74) is 2.29. The standard InChI is InChI=1S/C21H17BrN6O4/c1-10-6-7-12(22)8-14(10)25-19(30)17-18(24-9-23-17)20(31)28-21-26-13-4-3-5-15(16(13)27-21)32-11(2)29/h3-9H,1-2H3,(H,23,24)(H,25,30)(H2,26,27,28,31). The Balaban J connectivity index is 1.55. The van der Waals surface area contributed by atoms with Crippen LogP contribution in [0.2, 0.25) is 0 Å². The van der Waals surface area contributed by atoms with E-state index in [4.69, 9.17) is 4.74 Å². The first-order valence-corrected chi connectivity index (χ1v) is 10.2. The maximum absolute atomic E-state index is 12.8. The van der Waals surface area contributed by atoms with Crippen molar-refractivity contribution in [1.82, 2.24) is 19.9 Å². The van der Waals surface area contributed by atoms with Crippen molar-refractivity contribution in [2.24, 2.45) is 0 Å². The summed E-state index contributed by atoms with van der Waals surface area (Å²) >= 11 is 3.37. The van der Waals surface area contributed by atoms with Crippen LogP contribution >= 0.6 is 15.9 Å². The van der Waals surface area contributed by atoms with Crippen molar-refractivity contribution >= 4 is 56.4 Å². The number of nitrogens with zero attached hydrogens (tertiary/aromatic N) is 2. The van der Waals surface area contributed by atoms with Gasteiger partial charge in [-0.3, -0.25) is 19.7 Å². The molecule has 2 heterocycles. The van der Waals surface area contributed by atoms with Crippen molar-refractivity contribution < 1.29 is 19.1 Å². The van der Waals surface area contributed by atoms with Gasteiger partial charge in [-0.05, 0) is 36.8 Å². The molecule has 0 aliphatic carbocycles. The number of hydrogen-bond acceptors (Lipinski definition) is 6. The third-order valence-electron chi connectivity index (χ3n) is 4.49. The van der Waals surface area contributed by atoms with Gasteiger partial charge < -0.3 is 20.0 Å². The molecule has 0 fully saturated rings. The third-order valence-corrected chi connectivity index (χ3v) is 4.99. The molecule has 4 aromatic rings. The van der Waals surface area contributed by atoms with E-state index in [0.29, 0.717) is 16.7 Å². The molecule has 2 amide bonds. The molecule has 4 N–H and O–H groups in total. The Morgan fingerprint density at radius 1 is 1.09 bits per heavy atom. The number of esters is 1. The quantitative estimate of drug-likeness (QED) is 0.244. The number of carbonyl (C=O) groups is 3. The van der Waals surface area contributed by atoms with E-state index in [1.807, 2.05) is 19.1 Å². The van der Waals surface area contributed by atoms with Crippen molar-refractivity contribution in [2.45, 2.75) is 13.8 Å². The first-order valence-electron chi connectivity index (χ1n) is 9.41. The first kappa shape index (κ1) is 21.2. The number of anilines is 2. The summed E-state index contributed by atoms with van der Waals surface area (Å²) in [5.74, 6) is -1.24. The van der Waals surface area contributed by atoms with Gasteiger partial charge in [0.2, 0.25) is 5.95 Å². The molecule has 2 aromatic carbocycles. The fraction of sp³-hybridized carbons (Fsp3) is 0.0952. The Hall–Kier alpha value is -3.99. The summed E-state index contributed by atoms with van der Waals surface area (Å²) in [5, 5.41) is 5.35. The molecule has 2 aromatic heterocycles. The topological polar surface area (TPSA) is 142 Å². The monoisotopic (exact) mass is 496 g/mol. The number of aryl methyl sites for hydroxylation is 1. The summed E-state index contributed by atoms with van der Waals surface area (Å²) in [6.45, 7) is 3.14. The lowest BCUT2D eigenvalue weighted by Gasteiger charge is -2.09. The van der Waals surface area contributed by atoms with Crippen LogP contribution in [0.1, 0.15) is 33.5 Å². The highest BCUT2D eigenvalue weighted by Gasteiger charge is 2.22. The van der Waals surface area contributed by atoms with E-state index in [1.165, 1.54) is 13.3 Å². The Bertz CT molecular complexity index is 1360. The van der Waals surface area contributed by atoms with Gasteiger partial charge in [0.05, 0.1) is 11.8 Å². The molecular formula is C21H17BrN6O4. The van der Waals surface area contributed by atoms with Crippen LogP contribution in [0.15, 0.2) is 47.2 Å². The zero-order chi connectivity index (χ0) is 22.8. The highest BCUT2D eigenvalue weighted by atomic mass is 79.9. The molecule has 4 rings (SSSR count). The molecule has 32 heavy (non-hydrogen) atoms. The summed E-state index contributed by atoms with van der Waals surface area (Å²) in [6, 6.07) is 10.5. The predicted octanol–water partition coefficient (Wildman–Crippen LogP) is 3.79. The lowest BCUT2D eigenvalue weighted by molar-refractivity contribution is -0.131. The number of ether oxygens (including phenoxy) is 1. The molecular weight excluding hydrogens is 480 g/mol. The Kier molecular flexibility index (Phi) is 5.73. The predicted molar refractivity (Wildman–Crippen MR) is 121 cm³/mol. The number of para-hydroxylation sites is 1. The SMILES string of the molecule is CC(=O)Oc1cccc2nc(NC(=O)c3nc[nH]c3C(=O)Nc3cc(Br)ccc3C)[nH]c12. The summed E-state index contributed by atoms with van der Waals surface area (Å²) in [6.07, 6.45) is 1.26. The number of nitrogens with one attached hydrogen (secondary N) is 4. The molecule has 0 unspecified atom stereocenters. The van der Waals surface area contributed by atoms with Gasteiger partial charge in [0.25, 0.3) is 11.8 Å². The third kappa shape index (κ3) is 4.37. The Morgan fingerprint density at radius 2 is 1.91 bits per heavy atom. The van der Waals surface area contributed by atoms with E-state index in [-0.39, 0.29) is 23.1 Å². The number of rotatable bonds is 5. The van der Waals surface area contributed by atoms with Crippen molar-refractivity contribution in [3.63, 3.8) is 0 Å². The summed E-state index contributed by atoms with van der Waals surface area (Å²) < 4.78 is 5.95. The van der Waals surface area contributed by atoms with E-state index < -0.39 is 17.8 Å². The molecule has 0 saturated carbocycles. The van der Waals surface area contributed by atoms with E-state index in [1.54, 1.807) is 24.3 Å². The number of H-pyrrole nitrogens is 2. The zero-order valence-electron chi connectivity index (χ0n) is 16.9. The van der Waals surface area contributed by atoms with Crippen LogP contribution in [-0.4, -0.2) is 37.7 Å². The van der Waals surface area contributed by atoms with Crippen LogP contribution in [0.4, 0.5) is 11.6 Å². The number of aromatic nitrogens is 4. The first-order chi connectivity index (χ1) is 15.3. The number of imidazole rings is 2.